The molecule has 1 amide bonds. The lowest BCUT2D eigenvalue weighted by Crippen LogP contribution is -2.28. The van der Waals surface area contributed by atoms with Crippen LogP contribution in [0.4, 0.5) is 5.69 Å². The van der Waals surface area contributed by atoms with Crippen molar-refractivity contribution in [1.29, 1.82) is 5.26 Å². The van der Waals surface area contributed by atoms with Gasteiger partial charge in [0, 0.05) is 24.7 Å². The fourth-order valence-electron chi connectivity index (χ4n) is 1.98. The van der Waals surface area contributed by atoms with E-state index in [2.05, 4.69) is 6.07 Å². The molecular formula is C12H13N3O. The smallest absolute Gasteiger partial charge is 0.228 e. The monoisotopic (exact) mass is 215 g/mol. The minimum atomic E-state index is -0.0948. The Bertz CT molecular complexity index is 450. The van der Waals surface area contributed by atoms with Crippen LogP contribution in [-0.4, -0.2) is 18.5 Å². The van der Waals surface area contributed by atoms with Gasteiger partial charge in [-0.1, -0.05) is 18.2 Å². The van der Waals surface area contributed by atoms with Crippen molar-refractivity contribution in [3.63, 3.8) is 0 Å². The minimum absolute atomic E-state index is 0.0397. The fraction of sp³-hybridized carbons (Fsp3) is 0.333. The maximum atomic E-state index is 11.7. The first-order chi connectivity index (χ1) is 7.72. The zero-order chi connectivity index (χ0) is 11.5. The summed E-state index contributed by atoms with van der Waals surface area (Å²) in [6.07, 6.45) is 0.704. The number of para-hydroxylation sites is 1. The summed E-state index contributed by atoms with van der Waals surface area (Å²) in [7, 11) is 0. The van der Waals surface area contributed by atoms with E-state index in [9.17, 15) is 4.79 Å². The molecule has 82 valence electrons. The second-order valence-electron chi connectivity index (χ2n) is 3.93. The maximum absolute atomic E-state index is 11.7. The van der Waals surface area contributed by atoms with Gasteiger partial charge in [-0.15, -0.1) is 0 Å². The summed E-state index contributed by atoms with van der Waals surface area (Å²) < 4.78 is 0. The second kappa shape index (κ2) is 4.33. The Balaban J connectivity index is 2.33. The third-order valence-electron chi connectivity index (χ3n) is 2.71. The highest BCUT2D eigenvalue weighted by Gasteiger charge is 2.29. The second-order valence-corrected chi connectivity index (χ2v) is 3.93. The lowest BCUT2D eigenvalue weighted by molar-refractivity contribution is -0.117. The molecule has 1 aromatic carbocycles. The molecule has 4 nitrogen and oxygen atoms in total. The van der Waals surface area contributed by atoms with Crippen molar-refractivity contribution in [1.82, 2.24) is 0 Å². The van der Waals surface area contributed by atoms with Gasteiger partial charge in [0.2, 0.25) is 5.91 Å². The fourth-order valence-corrected chi connectivity index (χ4v) is 1.98. The average molecular weight is 215 g/mol. The summed E-state index contributed by atoms with van der Waals surface area (Å²) in [6, 6.07) is 9.48. The van der Waals surface area contributed by atoms with Gasteiger partial charge >= 0.3 is 0 Å². The van der Waals surface area contributed by atoms with Gasteiger partial charge in [0.15, 0.2) is 0 Å². The van der Waals surface area contributed by atoms with Crippen LogP contribution in [-0.2, 0) is 11.2 Å². The van der Waals surface area contributed by atoms with Gasteiger partial charge in [-0.25, -0.2) is 0 Å². The van der Waals surface area contributed by atoms with E-state index in [0.717, 1.165) is 11.3 Å². The van der Waals surface area contributed by atoms with Crippen LogP contribution in [0.2, 0.25) is 0 Å². The van der Waals surface area contributed by atoms with E-state index in [1.165, 1.54) is 0 Å². The van der Waals surface area contributed by atoms with Crippen molar-refractivity contribution < 1.29 is 4.79 Å². The van der Waals surface area contributed by atoms with Crippen LogP contribution in [0.25, 0.3) is 0 Å². The lowest BCUT2D eigenvalue weighted by atomic mass is 10.1. The van der Waals surface area contributed by atoms with E-state index in [4.69, 9.17) is 11.0 Å². The summed E-state index contributed by atoms with van der Waals surface area (Å²) in [5.74, 6) is 0.0397. The number of benzene rings is 1. The number of nitrogens with zero attached hydrogens (tertiary/aromatic N) is 2. The number of amides is 1. The highest BCUT2D eigenvalue weighted by atomic mass is 16.2. The van der Waals surface area contributed by atoms with Gasteiger partial charge in [-0.05, 0) is 11.6 Å². The summed E-state index contributed by atoms with van der Waals surface area (Å²) >= 11 is 0. The van der Waals surface area contributed by atoms with Crippen molar-refractivity contribution in [3.05, 3.63) is 29.8 Å². The molecular weight excluding hydrogens is 202 g/mol. The Morgan fingerprint density at radius 2 is 2.25 bits per heavy atom. The summed E-state index contributed by atoms with van der Waals surface area (Å²) in [4.78, 5) is 13.4. The van der Waals surface area contributed by atoms with Crippen molar-refractivity contribution in [3.8, 4) is 6.07 Å². The van der Waals surface area contributed by atoms with Crippen LogP contribution >= 0.6 is 0 Å². The standard InChI is InChI=1S/C12H13N3O/c13-6-5-9-3-1-2-4-11(9)15-8-10(14)7-12(15)16/h1-4,10H,5,7-8,14H2. The molecule has 16 heavy (non-hydrogen) atoms. The molecule has 0 aromatic heterocycles. The Morgan fingerprint density at radius 1 is 1.50 bits per heavy atom. The number of carbonyl (C=O) groups excluding carboxylic acids is 1. The van der Waals surface area contributed by atoms with Gasteiger partial charge in [0.1, 0.15) is 0 Å². The molecule has 0 saturated carbocycles. The zero-order valence-electron chi connectivity index (χ0n) is 8.89. The molecule has 1 saturated heterocycles. The van der Waals surface area contributed by atoms with Gasteiger partial charge < -0.3 is 10.6 Å². The maximum Gasteiger partial charge on any atom is 0.228 e. The highest BCUT2D eigenvalue weighted by Crippen LogP contribution is 2.25. The number of carbonyl (C=O) groups is 1. The molecule has 1 atom stereocenters. The number of nitriles is 1. The van der Waals surface area contributed by atoms with Crippen molar-refractivity contribution >= 4 is 11.6 Å². The molecule has 0 aliphatic carbocycles. The van der Waals surface area contributed by atoms with E-state index in [-0.39, 0.29) is 11.9 Å². The first kappa shape index (κ1) is 10.7. The van der Waals surface area contributed by atoms with Crippen LogP contribution in [0.15, 0.2) is 24.3 Å². The predicted molar refractivity (Wildman–Crippen MR) is 60.7 cm³/mol. The molecule has 1 fully saturated rings. The topological polar surface area (TPSA) is 70.1 Å². The Morgan fingerprint density at radius 3 is 2.88 bits per heavy atom. The third kappa shape index (κ3) is 1.90. The lowest BCUT2D eigenvalue weighted by Gasteiger charge is -2.18. The zero-order valence-corrected chi connectivity index (χ0v) is 8.89. The quantitative estimate of drug-likeness (QED) is 0.793. The van der Waals surface area contributed by atoms with E-state index < -0.39 is 0 Å². The number of hydrogen-bond acceptors (Lipinski definition) is 3. The summed E-state index contributed by atoms with van der Waals surface area (Å²) in [5, 5.41) is 8.73. The van der Waals surface area contributed by atoms with E-state index in [0.29, 0.717) is 19.4 Å². The van der Waals surface area contributed by atoms with Gasteiger partial charge in [-0.2, -0.15) is 5.26 Å². The molecule has 0 spiro atoms. The molecule has 2 rings (SSSR count). The average Bonchev–Trinajstić information content (AvgIpc) is 2.59. The first-order valence-electron chi connectivity index (χ1n) is 5.23. The molecule has 0 radical (unpaired) electrons. The number of anilines is 1. The van der Waals surface area contributed by atoms with Crippen molar-refractivity contribution in [2.75, 3.05) is 11.4 Å². The summed E-state index contributed by atoms with van der Waals surface area (Å²) in [5.41, 5.74) is 7.45. The summed E-state index contributed by atoms with van der Waals surface area (Å²) in [6.45, 7) is 0.543. The SMILES string of the molecule is N#CCc1ccccc1N1CC(N)CC1=O. The Kier molecular flexibility index (Phi) is 2.88. The largest absolute Gasteiger partial charge is 0.326 e. The molecule has 1 unspecified atom stereocenters. The highest BCUT2D eigenvalue weighted by molar-refractivity contribution is 5.96. The first-order valence-corrected chi connectivity index (χ1v) is 5.23. The molecule has 2 N–H and O–H groups in total. The van der Waals surface area contributed by atoms with E-state index in [1.807, 2.05) is 24.3 Å². The number of rotatable bonds is 2. The van der Waals surface area contributed by atoms with Gasteiger partial charge in [-0.3, -0.25) is 4.79 Å². The van der Waals surface area contributed by atoms with Crippen LogP contribution in [0, 0.1) is 11.3 Å². The molecule has 1 aliphatic heterocycles. The molecule has 4 heteroatoms. The predicted octanol–water partition coefficient (Wildman–Crippen LogP) is 0.817. The van der Waals surface area contributed by atoms with E-state index >= 15 is 0 Å². The molecule has 0 bridgehead atoms. The van der Waals surface area contributed by atoms with Crippen molar-refractivity contribution in [2.45, 2.75) is 18.9 Å². The van der Waals surface area contributed by atoms with E-state index in [1.54, 1.807) is 4.90 Å². The number of hydrogen-bond donors (Lipinski definition) is 1. The van der Waals surface area contributed by atoms with Gasteiger partial charge in [0.05, 0.1) is 12.5 Å². The Labute approximate surface area is 94.3 Å². The van der Waals surface area contributed by atoms with Crippen molar-refractivity contribution in [2.24, 2.45) is 5.73 Å². The molecule has 1 heterocycles. The van der Waals surface area contributed by atoms with Crippen LogP contribution in [0.5, 0.6) is 0 Å². The van der Waals surface area contributed by atoms with Crippen LogP contribution < -0.4 is 10.6 Å². The minimum Gasteiger partial charge on any atom is -0.326 e. The molecule has 1 aromatic rings. The van der Waals surface area contributed by atoms with Crippen LogP contribution in [0.3, 0.4) is 0 Å². The Hall–Kier alpha value is -1.86. The van der Waals surface area contributed by atoms with Crippen LogP contribution in [0.1, 0.15) is 12.0 Å². The third-order valence-corrected chi connectivity index (χ3v) is 2.71. The molecule has 1 aliphatic rings. The number of nitrogens with two attached hydrogens (primary N) is 1. The normalized spacial score (nSPS) is 19.9. The van der Waals surface area contributed by atoms with Gasteiger partial charge in [0.25, 0.3) is 0 Å².